The number of carbonyl (C=O) groups excluding carboxylic acids is 1. The molecule has 10 heteroatoms. The zero-order valence-corrected chi connectivity index (χ0v) is 23.0. The fourth-order valence-corrected chi connectivity index (χ4v) is 5.65. The lowest BCUT2D eigenvalue weighted by molar-refractivity contribution is -0.141. The fourth-order valence-electron chi connectivity index (χ4n) is 5.65. The molecule has 2 aliphatic carbocycles. The maximum atomic E-state index is 13.3. The van der Waals surface area contributed by atoms with Crippen molar-refractivity contribution in [1.82, 2.24) is 14.5 Å². The number of likely N-dealkylation sites (tertiary alicyclic amines) is 1. The molecule has 3 fully saturated rings. The summed E-state index contributed by atoms with van der Waals surface area (Å²) in [5.41, 5.74) is 5.51. The molecule has 5 rings (SSSR count). The van der Waals surface area contributed by atoms with E-state index < -0.39 is 5.60 Å². The van der Waals surface area contributed by atoms with E-state index in [2.05, 4.69) is 10.3 Å². The first-order valence-electron chi connectivity index (χ1n) is 14.1. The van der Waals surface area contributed by atoms with Crippen molar-refractivity contribution < 1.29 is 19.4 Å². The van der Waals surface area contributed by atoms with E-state index in [1.165, 1.54) is 10.9 Å². The molecule has 2 saturated carbocycles. The third-order valence-corrected chi connectivity index (χ3v) is 8.67. The molecule has 10 nitrogen and oxygen atoms in total. The monoisotopic (exact) mass is 539 g/mol. The van der Waals surface area contributed by atoms with E-state index >= 15 is 0 Å². The van der Waals surface area contributed by atoms with Crippen molar-refractivity contribution in [2.75, 3.05) is 25.5 Å². The first kappa shape index (κ1) is 27.6. The number of hydrogen-bond acceptors (Lipinski definition) is 8. The smallest absolute Gasteiger partial charge is 0.260 e. The highest BCUT2D eigenvalue weighted by Gasteiger charge is 2.48. The minimum Gasteiger partial charge on any atom is -0.490 e. The molecule has 0 atom stereocenters. The van der Waals surface area contributed by atoms with Crippen LogP contribution in [0, 0.1) is 5.41 Å². The molecule has 0 unspecified atom stereocenters. The summed E-state index contributed by atoms with van der Waals surface area (Å²) in [5.74, 6) is 1.38. The van der Waals surface area contributed by atoms with Crippen LogP contribution in [0.4, 0.5) is 11.5 Å². The summed E-state index contributed by atoms with van der Waals surface area (Å²) < 4.78 is 13.0. The summed E-state index contributed by atoms with van der Waals surface area (Å²) in [6.45, 7) is 3.11. The first-order chi connectivity index (χ1) is 18.7. The molecule has 0 bridgehead atoms. The van der Waals surface area contributed by atoms with E-state index in [0.717, 1.165) is 50.0 Å². The third-order valence-electron chi connectivity index (χ3n) is 8.67. The van der Waals surface area contributed by atoms with E-state index in [1.807, 2.05) is 36.1 Å². The third kappa shape index (κ3) is 6.28. The molecule has 2 heterocycles. The predicted molar refractivity (Wildman–Crippen MR) is 148 cm³/mol. The standard InChI is InChI=1S/C29H41N5O5/c1-28(11-12-28)27(36)33-15-13-29(37,14-16-33)18-34-19-31-25(24(17-30)26(34)35)32-20-3-5-22(6-4-20)39-23-9-7-21(38-2)8-10-23/h3-6,19,21,23,32,37H,7-18,30H2,1-2H3. The number of nitrogens with zero attached hydrogens (tertiary/aromatic N) is 3. The zero-order valence-electron chi connectivity index (χ0n) is 23.0. The van der Waals surface area contributed by atoms with Gasteiger partial charge in [0.2, 0.25) is 5.91 Å². The Kier molecular flexibility index (Phi) is 7.98. The van der Waals surface area contributed by atoms with Crippen LogP contribution < -0.4 is 21.3 Å². The summed E-state index contributed by atoms with van der Waals surface area (Å²) >= 11 is 0. The minimum absolute atomic E-state index is 0.0135. The first-order valence-corrected chi connectivity index (χ1v) is 14.1. The molecule has 3 aliphatic rings. The minimum atomic E-state index is -1.08. The highest BCUT2D eigenvalue weighted by molar-refractivity contribution is 5.85. The number of nitrogens with two attached hydrogens (primary N) is 1. The van der Waals surface area contributed by atoms with E-state index in [9.17, 15) is 14.7 Å². The van der Waals surface area contributed by atoms with Gasteiger partial charge in [0.15, 0.2) is 0 Å². The number of hydrogen-bond donors (Lipinski definition) is 3. The molecule has 1 aromatic heterocycles. The Labute approximate surface area is 229 Å². The topological polar surface area (TPSA) is 132 Å². The second kappa shape index (κ2) is 11.3. The van der Waals surface area contributed by atoms with Gasteiger partial charge in [-0.25, -0.2) is 4.98 Å². The van der Waals surface area contributed by atoms with Crippen molar-refractivity contribution in [3.63, 3.8) is 0 Å². The van der Waals surface area contributed by atoms with Crippen molar-refractivity contribution in [3.05, 3.63) is 46.5 Å². The molecule has 39 heavy (non-hydrogen) atoms. The van der Waals surface area contributed by atoms with Crippen LogP contribution in [0.25, 0.3) is 0 Å². The van der Waals surface area contributed by atoms with Crippen LogP contribution in [0.3, 0.4) is 0 Å². The van der Waals surface area contributed by atoms with Gasteiger partial charge in [0.05, 0.1) is 36.2 Å². The number of benzene rings is 1. The molecule has 2 aromatic rings. The number of rotatable bonds is 9. The second-order valence-electron chi connectivity index (χ2n) is 11.7. The Morgan fingerprint density at radius 3 is 2.33 bits per heavy atom. The average molecular weight is 540 g/mol. The van der Waals surface area contributed by atoms with Crippen LogP contribution in [0.5, 0.6) is 5.75 Å². The summed E-state index contributed by atoms with van der Waals surface area (Å²) in [7, 11) is 1.76. The number of aliphatic hydroxyl groups is 1. The van der Waals surface area contributed by atoms with Crippen LogP contribution in [0.2, 0.25) is 0 Å². The largest absolute Gasteiger partial charge is 0.490 e. The number of amides is 1. The number of ether oxygens (including phenoxy) is 2. The lowest BCUT2D eigenvalue weighted by Gasteiger charge is -2.39. The van der Waals surface area contributed by atoms with Gasteiger partial charge in [-0.2, -0.15) is 0 Å². The number of anilines is 2. The van der Waals surface area contributed by atoms with E-state index in [-0.39, 0.29) is 36.1 Å². The second-order valence-corrected chi connectivity index (χ2v) is 11.7. The van der Waals surface area contributed by atoms with Gasteiger partial charge in [-0.05, 0) is 75.6 Å². The summed E-state index contributed by atoms with van der Waals surface area (Å²) in [5, 5.41) is 14.4. The SMILES string of the molecule is COC1CCC(Oc2ccc(Nc3ncn(CC4(O)CCN(C(=O)C5(C)CC5)CC4)c(=O)c3CN)cc2)CC1. The summed E-state index contributed by atoms with van der Waals surface area (Å²) in [6.07, 6.45) is 8.65. The maximum Gasteiger partial charge on any atom is 0.260 e. The van der Waals surface area contributed by atoms with E-state index in [0.29, 0.717) is 43.4 Å². The molecule has 0 spiro atoms. The molecule has 212 valence electrons. The summed E-state index contributed by atoms with van der Waals surface area (Å²) in [4.78, 5) is 32.2. The van der Waals surface area contributed by atoms with Gasteiger partial charge >= 0.3 is 0 Å². The highest BCUT2D eigenvalue weighted by Crippen LogP contribution is 2.47. The van der Waals surface area contributed by atoms with Crippen LogP contribution in [0.15, 0.2) is 35.4 Å². The van der Waals surface area contributed by atoms with Crippen LogP contribution >= 0.6 is 0 Å². The van der Waals surface area contributed by atoms with Gasteiger partial charge < -0.3 is 30.5 Å². The van der Waals surface area contributed by atoms with Crippen molar-refractivity contribution in [3.8, 4) is 5.75 Å². The molecule has 1 aliphatic heterocycles. The number of carbonyl (C=O) groups is 1. The highest BCUT2D eigenvalue weighted by atomic mass is 16.5. The maximum absolute atomic E-state index is 13.3. The lowest BCUT2D eigenvalue weighted by Crippen LogP contribution is -2.51. The quantitative estimate of drug-likeness (QED) is 0.443. The Morgan fingerprint density at radius 1 is 1.10 bits per heavy atom. The predicted octanol–water partition coefficient (Wildman–Crippen LogP) is 2.94. The van der Waals surface area contributed by atoms with Crippen LogP contribution in [-0.2, 0) is 22.6 Å². The molecular weight excluding hydrogens is 498 g/mol. The fraction of sp³-hybridized carbons (Fsp3) is 0.621. The van der Waals surface area contributed by atoms with Crippen LogP contribution in [-0.4, -0.2) is 63.5 Å². The van der Waals surface area contributed by atoms with Gasteiger partial charge in [0, 0.05) is 37.8 Å². The Morgan fingerprint density at radius 2 is 1.74 bits per heavy atom. The van der Waals surface area contributed by atoms with Crippen molar-refractivity contribution in [2.24, 2.45) is 11.1 Å². The lowest BCUT2D eigenvalue weighted by atomic mass is 9.90. The van der Waals surface area contributed by atoms with Crippen molar-refractivity contribution in [2.45, 2.75) is 89.2 Å². The van der Waals surface area contributed by atoms with Gasteiger partial charge in [-0.15, -0.1) is 0 Å². The molecule has 1 amide bonds. The number of nitrogens with one attached hydrogen (secondary N) is 1. The number of piperidine rings is 1. The van der Waals surface area contributed by atoms with Gasteiger partial charge in [-0.3, -0.25) is 14.2 Å². The van der Waals surface area contributed by atoms with Crippen molar-refractivity contribution in [1.29, 1.82) is 0 Å². The average Bonchev–Trinajstić information content (AvgIpc) is 3.70. The molecule has 1 saturated heterocycles. The molecular formula is C29H41N5O5. The van der Waals surface area contributed by atoms with Gasteiger partial charge in [-0.1, -0.05) is 6.92 Å². The van der Waals surface area contributed by atoms with Crippen molar-refractivity contribution >= 4 is 17.4 Å². The van der Waals surface area contributed by atoms with E-state index in [4.69, 9.17) is 15.2 Å². The van der Waals surface area contributed by atoms with E-state index in [1.54, 1.807) is 7.11 Å². The Balaban J connectivity index is 1.19. The number of methoxy groups -OCH3 is 1. The zero-order chi connectivity index (χ0) is 27.6. The molecule has 1 aromatic carbocycles. The number of aromatic nitrogens is 2. The van der Waals surface area contributed by atoms with Gasteiger partial charge in [0.1, 0.15) is 11.6 Å². The normalized spacial score (nSPS) is 23.7. The van der Waals surface area contributed by atoms with Crippen LogP contribution in [0.1, 0.15) is 63.9 Å². The Hall–Kier alpha value is -2.95. The van der Waals surface area contributed by atoms with Gasteiger partial charge in [0.25, 0.3) is 5.56 Å². The molecule has 4 N–H and O–H groups in total. The Bertz CT molecular complexity index is 1210. The molecule has 0 radical (unpaired) electrons. The summed E-state index contributed by atoms with van der Waals surface area (Å²) in [6, 6.07) is 7.60.